The van der Waals surface area contributed by atoms with Crippen LogP contribution in [0, 0.1) is 5.41 Å². The van der Waals surface area contributed by atoms with E-state index >= 15 is 0 Å². The van der Waals surface area contributed by atoms with Gasteiger partial charge in [-0.1, -0.05) is 13.8 Å². The Morgan fingerprint density at radius 2 is 2.45 bits per heavy atom. The van der Waals surface area contributed by atoms with E-state index in [0.29, 0.717) is 0 Å². The largest absolute Gasteiger partial charge is 0.303 e. The summed E-state index contributed by atoms with van der Waals surface area (Å²) in [4.78, 5) is 14.6. The van der Waals surface area contributed by atoms with Gasteiger partial charge in [-0.25, -0.2) is 4.98 Å². The highest BCUT2D eigenvalue weighted by atomic mass is 32.1. The normalized spacial score (nSPS) is 11.5. The van der Waals surface area contributed by atoms with Crippen LogP contribution >= 0.6 is 11.3 Å². The first-order valence-corrected chi connectivity index (χ1v) is 4.42. The average molecular weight is 169 g/mol. The first-order valence-electron chi connectivity index (χ1n) is 3.47. The van der Waals surface area contributed by atoms with Gasteiger partial charge >= 0.3 is 0 Å². The van der Waals surface area contributed by atoms with Crippen molar-refractivity contribution in [3.8, 4) is 0 Å². The summed E-state index contributed by atoms with van der Waals surface area (Å²) in [5.74, 6) is 0. The van der Waals surface area contributed by atoms with Gasteiger partial charge in [0.1, 0.15) is 6.29 Å². The molecule has 3 heteroatoms. The number of carbonyl (C=O) groups excluding carboxylic acids is 1. The molecular weight excluding hydrogens is 158 g/mol. The van der Waals surface area contributed by atoms with Gasteiger partial charge in [-0.3, -0.25) is 0 Å². The van der Waals surface area contributed by atoms with Crippen molar-refractivity contribution in [1.29, 1.82) is 0 Å². The minimum absolute atomic E-state index is 0.270. The molecule has 0 aromatic carbocycles. The van der Waals surface area contributed by atoms with Crippen LogP contribution in [0.25, 0.3) is 0 Å². The van der Waals surface area contributed by atoms with Crippen molar-refractivity contribution < 1.29 is 4.79 Å². The van der Waals surface area contributed by atoms with Crippen molar-refractivity contribution in [1.82, 2.24) is 4.98 Å². The Hall–Kier alpha value is -0.700. The fourth-order valence-corrected chi connectivity index (χ4v) is 1.39. The number of nitrogens with zero attached hydrogens (tertiary/aromatic N) is 1. The number of thiazole rings is 1. The van der Waals surface area contributed by atoms with Crippen LogP contribution in [0.4, 0.5) is 0 Å². The number of aromatic nitrogens is 1. The lowest BCUT2D eigenvalue weighted by Crippen LogP contribution is -2.16. The maximum Gasteiger partial charge on any atom is 0.125 e. The molecule has 1 aromatic rings. The van der Waals surface area contributed by atoms with Crippen LogP contribution in [0.15, 0.2) is 10.9 Å². The molecule has 0 atom stereocenters. The van der Waals surface area contributed by atoms with E-state index in [1.54, 1.807) is 16.8 Å². The van der Waals surface area contributed by atoms with Gasteiger partial charge in [-0.05, 0) is 0 Å². The summed E-state index contributed by atoms with van der Waals surface area (Å²) < 4.78 is 0. The third kappa shape index (κ3) is 2.42. The molecule has 0 N–H and O–H groups in total. The molecule has 0 amide bonds. The quantitative estimate of drug-likeness (QED) is 0.647. The molecule has 1 heterocycles. The zero-order valence-electron chi connectivity index (χ0n) is 6.70. The van der Waals surface area contributed by atoms with Crippen LogP contribution in [0.5, 0.6) is 0 Å². The van der Waals surface area contributed by atoms with Gasteiger partial charge in [0.25, 0.3) is 0 Å². The van der Waals surface area contributed by atoms with E-state index in [0.717, 1.165) is 18.4 Å². The molecule has 0 fully saturated rings. The third-order valence-corrected chi connectivity index (χ3v) is 2.07. The molecule has 1 aromatic heterocycles. The van der Waals surface area contributed by atoms with Gasteiger partial charge in [-0.15, -0.1) is 11.3 Å². The van der Waals surface area contributed by atoms with Crippen molar-refractivity contribution in [2.75, 3.05) is 0 Å². The Morgan fingerprint density at radius 1 is 1.73 bits per heavy atom. The summed E-state index contributed by atoms with van der Waals surface area (Å²) in [5.41, 5.74) is 2.52. The van der Waals surface area contributed by atoms with Gasteiger partial charge in [0.15, 0.2) is 0 Å². The van der Waals surface area contributed by atoms with Crippen LogP contribution in [0.1, 0.15) is 19.5 Å². The molecule has 0 aliphatic heterocycles. The number of carbonyl (C=O) groups is 1. The first kappa shape index (κ1) is 8.40. The molecule has 0 aliphatic rings. The lowest BCUT2D eigenvalue weighted by atomic mass is 9.90. The summed E-state index contributed by atoms with van der Waals surface area (Å²) in [6, 6.07) is 0. The first-order chi connectivity index (χ1) is 5.14. The second-order valence-corrected chi connectivity index (χ2v) is 3.98. The summed E-state index contributed by atoms with van der Waals surface area (Å²) in [7, 11) is 0. The van der Waals surface area contributed by atoms with Crippen molar-refractivity contribution in [2.24, 2.45) is 5.41 Å². The summed E-state index contributed by atoms with van der Waals surface area (Å²) >= 11 is 1.56. The van der Waals surface area contributed by atoms with Gasteiger partial charge < -0.3 is 4.79 Å². The molecule has 2 nitrogen and oxygen atoms in total. The topological polar surface area (TPSA) is 30.0 Å². The van der Waals surface area contributed by atoms with E-state index < -0.39 is 0 Å². The van der Waals surface area contributed by atoms with E-state index in [2.05, 4.69) is 4.98 Å². The zero-order chi connectivity index (χ0) is 8.32. The summed E-state index contributed by atoms with van der Waals surface area (Å²) in [6.07, 6.45) is 1.71. The van der Waals surface area contributed by atoms with Crippen LogP contribution < -0.4 is 0 Å². The van der Waals surface area contributed by atoms with Gasteiger partial charge in [0, 0.05) is 17.2 Å². The fourth-order valence-electron chi connectivity index (χ4n) is 0.833. The SMILES string of the molecule is CC(C)(C=O)Cc1cscn1. The van der Waals surface area contributed by atoms with Crippen LogP contribution in [0.3, 0.4) is 0 Å². The molecular formula is C8H11NOS. The molecule has 0 saturated heterocycles. The number of hydrogen-bond donors (Lipinski definition) is 0. The van der Waals surface area contributed by atoms with Crippen LogP contribution in [0.2, 0.25) is 0 Å². The van der Waals surface area contributed by atoms with E-state index in [-0.39, 0.29) is 5.41 Å². The predicted molar refractivity (Wildman–Crippen MR) is 45.7 cm³/mol. The Morgan fingerprint density at radius 3 is 2.91 bits per heavy atom. The van der Waals surface area contributed by atoms with Crippen molar-refractivity contribution in [3.63, 3.8) is 0 Å². The highest BCUT2D eigenvalue weighted by molar-refractivity contribution is 7.07. The molecule has 11 heavy (non-hydrogen) atoms. The number of rotatable bonds is 3. The Balaban J connectivity index is 2.63. The summed E-state index contributed by atoms with van der Waals surface area (Å²) in [5, 5.41) is 1.98. The van der Waals surface area contributed by atoms with Crippen molar-refractivity contribution in [2.45, 2.75) is 20.3 Å². The third-order valence-electron chi connectivity index (χ3n) is 1.44. The standard InChI is InChI=1S/C8H11NOS/c1-8(2,5-10)3-7-4-11-6-9-7/h4-6H,3H2,1-2H3. The highest BCUT2D eigenvalue weighted by Crippen LogP contribution is 2.18. The molecule has 0 spiro atoms. The molecule has 0 aliphatic carbocycles. The second-order valence-electron chi connectivity index (χ2n) is 3.26. The summed E-state index contributed by atoms with van der Waals surface area (Å²) in [6.45, 7) is 3.83. The van der Waals surface area contributed by atoms with Gasteiger partial charge in [0.2, 0.25) is 0 Å². The van der Waals surface area contributed by atoms with Crippen LogP contribution in [-0.4, -0.2) is 11.3 Å². The number of aldehydes is 1. The van der Waals surface area contributed by atoms with E-state index in [9.17, 15) is 4.79 Å². The Labute approximate surface area is 70.3 Å². The lowest BCUT2D eigenvalue weighted by molar-refractivity contribution is -0.114. The molecule has 0 unspecified atom stereocenters. The van der Waals surface area contributed by atoms with Gasteiger partial charge in [-0.2, -0.15) is 0 Å². The van der Waals surface area contributed by atoms with E-state index in [1.807, 2.05) is 19.2 Å². The minimum atomic E-state index is -0.270. The molecule has 60 valence electrons. The van der Waals surface area contributed by atoms with Crippen molar-refractivity contribution >= 4 is 17.6 Å². The van der Waals surface area contributed by atoms with Crippen LogP contribution in [-0.2, 0) is 11.2 Å². The van der Waals surface area contributed by atoms with E-state index in [4.69, 9.17) is 0 Å². The fraction of sp³-hybridized carbons (Fsp3) is 0.500. The molecule has 1 rings (SSSR count). The lowest BCUT2D eigenvalue weighted by Gasteiger charge is -2.13. The average Bonchev–Trinajstić information content (AvgIpc) is 2.39. The Bertz CT molecular complexity index is 228. The molecule has 0 bridgehead atoms. The maximum atomic E-state index is 10.5. The molecule has 0 radical (unpaired) electrons. The van der Waals surface area contributed by atoms with Crippen molar-refractivity contribution in [3.05, 3.63) is 16.6 Å². The maximum absolute atomic E-state index is 10.5. The second kappa shape index (κ2) is 3.13. The number of hydrogen-bond acceptors (Lipinski definition) is 3. The highest BCUT2D eigenvalue weighted by Gasteiger charge is 2.17. The molecule has 0 saturated carbocycles. The Kier molecular flexibility index (Phi) is 2.39. The van der Waals surface area contributed by atoms with Gasteiger partial charge in [0.05, 0.1) is 11.2 Å². The zero-order valence-corrected chi connectivity index (χ0v) is 7.52. The monoisotopic (exact) mass is 169 g/mol. The smallest absolute Gasteiger partial charge is 0.125 e. The minimum Gasteiger partial charge on any atom is -0.303 e. The predicted octanol–water partition coefficient (Wildman–Crippen LogP) is 1.91. The van der Waals surface area contributed by atoms with E-state index in [1.165, 1.54) is 0 Å².